The van der Waals surface area contributed by atoms with E-state index in [1.165, 1.54) is 103 Å². The number of aromatic nitrogens is 2. The van der Waals surface area contributed by atoms with Crippen molar-refractivity contribution in [2.24, 2.45) is 0 Å². The Labute approximate surface area is 305 Å². The molecule has 0 aromatic carbocycles. The van der Waals surface area contributed by atoms with Gasteiger partial charge >= 0.3 is 19.7 Å². The average molecular weight is 746 g/mol. The average Bonchev–Trinajstić information content (AvgIpc) is 3.08. The zero-order valence-corrected chi connectivity index (χ0v) is 32.6. The third-order valence-corrected chi connectivity index (χ3v) is 9.20. The Morgan fingerprint density at radius 2 is 1.39 bits per heavy atom. The molecule has 1 rings (SSSR count). The summed E-state index contributed by atoms with van der Waals surface area (Å²) in [4.78, 5) is 31.2. The second kappa shape index (κ2) is 29.6. The van der Waals surface area contributed by atoms with Crippen molar-refractivity contribution in [1.82, 2.24) is 9.97 Å². The summed E-state index contributed by atoms with van der Waals surface area (Å²) in [6.45, 7) is 7.12. The van der Waals surface area contributed by atoms with Gasteiger partial charge < -0.3 is 38.7 Å². The molecule has 15 heteroatoms. The first-order valence-corrected chi connectivity index (χ1v) is 20.2. The number of esters is 1. The predicted octanol–water partition coefficient (Wildman–Crippen LogP) is 8.57. The van der Waals surface area contributed by atoms with Crippen molar-refractivity contribution in [2.75, 3.05) is 58.8 Å². The highest BCUT2D eigenvalue weighted by Gasteiger charge is 2.25. The van der Waals surface area contributed by atoms with Gasteiger partial charge in [-0.25, -0.2) is 4.79 Å². The second-order valence-corrected chi connectivity index (χ2v) is 14.6. The van der Waals surface area contributed by atoms with Crippen LogP contribution < -0.4 is 15.2 Å². The van der Waals surface area contributed by atoms with Gasteiger partial charge in [0, 0.05) is 25.7 Å². The Kier molecular flexibility index (Phi) is 26.8. The van der Waals surface area contributed by atoms with Gasteiger partial charge in [0.25, 0.3) is 0 Å². The summed E-state index contributed by atoms with van der Waals surface area (Å²) >= 11 is 0. The van der Waals surface area contributed by atoms with Gasteiger partial charge in [-0.2, -0.15) is 9.97 Å². The molecule has 0 saturated carbocycles. The van der Waals surface area contributed by atoms with Crippen LogP contribution in [0.2, 0.25) is 0 Å². The van der Waals surface area contributed by atoms with Gasteiger partial charge in [0.05, 0.1) is 32.0 Å². The van der Waals surface area contributed by atoms with Crippen LogP contribution in [0.3, 0.4) is 0 Å². The monoisotopic (exact) mass is 745 g/mol. The summed E-state index contributed by atoms with van der Waals surface area (Å²) in [7, 11) is -2.42. The lowest BCUT2D eigenvalue weighted by molar-refractivity contribution is -0.140. The molecule has 0 spiro atoms. The Hall–Kier alpha value is -2.93. The maximum Gasteiger partial charge on any atom is 0.510 e. The number of nitrogens with two attached hydrogens (primary N) is 1. The Balaban J connectivity index is 2.51. The zero-order chi connectivity index (χ0) is 37.6. The number of ether oxygens (including phenoxy) is 6. The highest BCUT2D eigenvalue weighted by molar-refractivity contribution is 7.54. The third kappa shape index (κ3) is 26.5. The number of allylic oxidation sites excluding steroid dienone is 1. The molecule has 0 amide bonds. The fourth-order valence-corrected chi connectivity index (χ4v) is 6.14. The number of carbonyl (C=O) groups excluding carboxylic acids is 2. The lowest BCUT2D eigenvalue weighted by Gasteiger charge is -2.18. The third-order valence-electron chi connectivity index (χ3n) is 7.50. The molecular weight excluding hydrogens is 681 g/mol. The van der Waals surface area contributed by atoms with Crippen LogP contribution in [-0.4, -0.2) is 81.3 Å². The highest BCUT2D eigenvalue weighted by Crippen LogP contribution is 2.48. The van der Waals surface area contributed by atoms with Crippen LogP contribution in [0.5, 0.6) is 11.8 Å². The maximum absolute atomic E-state index is 13.7. The summed E-state index contributed by atoms with van der Waals surface area (Å²) in [5.74, 6) is -0.250. The van der Waals surface area contributed by atoms with E-state index in [1.54, 1.807) is 13.8 Å². The molecule has 0 aliphatic heterocycles. The van der Waals surface area contributed by atoms with E-state index in [0.29, 0.717) is 25.2 Å². The standard InChI is InChI=1S/C36H64N3O11P/c1-6-7-8-9-10-11-12-13-14-15-16-17-18-19-22-44-23-20-24-48-51(42,49-29-47-36(41)50-30(2)3)25-21-32(27-45-31(4)40)28-46-34-26-33(43-5)38-35(37)39-34/h21,26,30H,6-20,22-25,27-29H2,1-5H3,(H2,37,38,39)/b32-21+. The van der Waals surface area contributed by atoms with Crippen molar-refractivity contribution in [3.05, 3.63) is 17.7 Å². The van der Waals surface area contributed by atoms with Crippen LogP contribution in [0.4, 0.5) is 10.7 Å². The molecule has 0 aliphatic rings. The fraction of sp³-hybridized carbons (Fsp3) is 0.778. The van der Waals surface area contributed by atoms with Gasteiger partial charge in [-0.15, -0.1) is 0 Å². The van der Waals surface area contributed by atoms with Gasteiger partial charge in [0.1, 0.15) is 13.2 Å². The molecule has 51 heavy (non-hydrogen) atoms. The molecule has 0 bridgehead atoms. The van der Waals surface area contributed by atoms with Crippen LogP contribution in [0.15, 0.2) is 17.7 Å². The maximum atomic E-state index is 13.7. The Morgan fingerprint density at radius 3 is 1.98 bits per heavy atom. The number of anilines is 1. The van der Waals surface area contributed by atoms with Gasteiger partial charge in [-0.3, -0.25) is 13.9 Å². The minimum Gasteiger partial charge on any atom is -0.481 e. The minimum atomic E-state index is -3.85. The van der Waals surface area contributed by atoms with E-state index in [2.05, 4.69) is 16.9 Å². The SMILES string of the molecule is CCCCCCCCCCCCCCCCOCCCOP(=O)(C/C=C(\COC(C)=O)COc1cc(OC)nc(N)n1)OCOC(=O)OC(C)C. The number of methoxy groups -OCH3 is 1. The normalized spacial score (nSPS) is 12.8. The van der Waals surface area contributed by atoms with Gasteiger partial charge in [-0.1, -0.05) is 96.5 Å². The predicted molar refractivity (Wildman–Crippen MR) is 196 cm³/mol. The van der Waals surface area contributed by atoms with E-state index < -0.39 is 32.6 Å². The molecule has 1 unspecified atom stereocenters. The lowest BCUT2D eigenvalue weighted by Crippen LogP contribution is -2.15. The Bertz CT molecular complexity index is 1150. The first kappa shape index (κ1) is 46.1. The molecule has 294 valence electrons. The first-order valence-electron chi connectivity index (χ1n) is 18.5. The van der Waals surface area contributed by atoms with Crippen molar-refractivity contribution < 1.29 is 51.6 Å². The first-order chi connectivity index (χ1) is 24.6. The highest BCUT2D eigenvalue weighted by atomic mass is 31.2. The minimum absolute atomic E-state index is 0.0549. The van der Waals surface area contributed by atoms with Crippen molar-refractivity contribution >= 4 is 25.7 Å². The summed E-state index contributed by atoms with van der Waals surface area (Å²) in [6.07, 6.45) is 18.6. The fourth-order valence-electron chi connectivity index (χ4n) is 4.75. The van der Waals surface area contributed by atoms with Gasteiger partial charge in [0.15, 0.2) is 0 Å². The summed E-state index contributed by atoms with van der Waals surface area (Å²) < 4.78 is 56.3. The van der Waals surface area contributed by atoms with Gasteiger partial charge in [-0.05, 0) is 26.7 Å². The van der Waals surface area contributed by atoms with Crippen LogP contribution in [0.25, 0.3) is 0 Å². The molecule has 0 saturated heterocycles. The quantitative estimate of drug-likeness (QED) is 0.0244. The second-order valence-electron chi connectivity index (χ2n) is 12.5. The van der Waals surface area contributed by atoms with Gasteiger partial charge in [0.2, 0.25) is 24.5 Å². The molecule has 0 aliphatic carbocycles. The number of unbranched alkanes of at least 4 members (excludes halogenated alkanes) is 13. The van der Waals surface area contributed by atoms with Crippen molar-refractivity contribution in [3.8, 4) is 11.8 Å². The smallest absolute Gasteiger partial charge is 0.481 e. The van der Waals surface area contributed by atoms with Crippen molar-refractivity contribution in [3.63, 3.8) is 0 Å². The molecule has 0 radical (unpaired) electrons. The van der Waals surface area contributed by atoms with E-state index in [4.69, 9.17) is 43.2 Å². The van der Waals surface area contributed by atoms with E-state index in [9.17, 15) is 14.2 Å². The van der Waals surface area contributed by atoms with Crippen LogP contribution >= 0.6 is 7.60 Å². The Morgan fingerprint density at radius 1 is 0.804 bits per heavy atom. The van der Waals surface area contributed by atoms with Crippen LogP contribution in [0, 0.1) is 0 Å². The van der Waals surface area contributed by atoms with E-state index >= 15 is 0 Å². The molecule has 0 fully saturated rings. The number of nitrogens with zero attached hydrogens (tertiary/aromatic N) is 2. The summed E-state index contributed by atoms with van der Waals surface area (Å²) in [6, 6.07) is 1.44. The van der Waals surface area contributed by atoms with Crippen LogP contribution in [-0.2, 0) is 37.4 Å². The largest absolute Gasteiger partial charge is 0.510 e. The van der Waals surface area contributed by atoms with Crippen molar-refractivity contribution in [1.29, 1.82) is 0 Å². The number of carbonyl (C=O) groups is 2. The van der Waals surface area contributed by atoms with E-state index in [1.807, 2.05) is 0 Å². The molecule has 1 aromatic rings. The molecule has 14 nitrogen and oxygen atoms in total. The molecule has 1 aromatic heterocycles. The number of rotatable bonds is 32. The van der Waals surface area contributed by atoms with E-state index in [0.717, 1.165) is 12.8 Å². The molecule has 1 atom stereocenters. The number of hydrogen-bond acceptors (Lipinski definition) is 14. The molecular formula is C36H64N3O11P. The molecule has 2 N–H and O–H groups in total. The lowest BCUT2D eigenvalue weighted by atomic mass is 10.0. The molecule has 1 heterocycles. The number of hydrogen-bond donors (Lipinski definition) is 1. The number of nitrogen functional groups attached to an aromatic ring is 1. The zero-order valence-electron chi connectivity index (χ0n) is 31.7. The summed E-state index contributed by atoms with van der Waals surface area (Å²) in [5, 5.41) is 0. The summed E-state index contributed by atoms with van der Waals surface area (Å²) in [5.41, 5.74) is 6.14. The van der Waals surface area contributed by atoms with Crippen molar-refractivity contribution in [2.45, 2.75) is 130 Å². The van der Waals surface area contributed by atoms with E-state index in [-0.39, 0.29) is 43.7 Å². The van der Waals surface area contributed by atoms with Crippen LogP contribution in [0.1, 0.15) is 124 Å². The topological polar surface area (TPSA) is 177 Å².